The molecule has 0 aromatic heterocycles. The third kappa shape index (κ3) is 5.27. The molecule has 5 rings (SSSR count). The lowest BCUT2D eigenvalue weighted by Gasteiger charge is -2.39. The minimum Gasteiger partial charge on any atom is -0.465 e. The lowest BCUT2D eigenvalue weighted by Crippen LogP contribution is -2.57. The van der Waals surface area contributed by atoms with Crippen molar-refractivity contribution in [2.24, 2.45) is 17.8 Å². The summed E-state index contributed by atoms with van der Waals surface area (Å²) in [4.78, 5) is 46.4. The van der Waals surface area contributed by atoms with E-state index in [0.717, 1.165) is 12.8 Å². The highest BCUT2D eigenvalue weighted by Crippen LogP contribution is 2.66. The van der Waals surface area contributed by atoms with Crippen LogP contribution in [0.4, 0.5) is 5.69 Å². The Labute approximate surface area is 264 Å². The van der Waals surface area contributed by atoms with Gasteiger partial charge in [0.25, 0.3) is 5.91 Å². The number of likely N-dealkylation sites (tertiary alicyclic amines) is 1. The van der Waals surface area contributed by atoms with Gasteiger partial charge in [0.1, 0.15) is 17.6 Å². The highest BCUT2D eigenvalue weighted by atomic mass is 35.5. The zero-order chi connectivity index (χ0) is 31.6. The fourth-order valence-electron chi connectivity index (χ4n) is 7.55. The standard InChI is InChI=1S/C35H41ClN2O6/c1-5-7-8-12-20-43-33(42)29-28-31(40)38(27(22-39)24-13-10-9-11-14-24)30(35(28)21-23(3)34(29,4)44-35)32(41)37(19-6-2)26-17-15-25(36)16-18-26/h5-6,9-11,13-18,23,27-30,39H,1-2,7-8,12,19-22H2,3-4H3/t23?,27-,28+,29-,30?,34+,35?/m1/s1. The third-order valence-electron chi connectivity index (χ3n) is 9.70. The number of aliphatic hydroxyl groups excluding tert-OH is 1. The van der Waals surface area contributed by atoms with Crippen molar-refractivity contribution in [3.05, 3.63) is 90.5 Å². The largest absolute Gasteiger partial charge is 0.465 e. The summed E-state index contributed by atoms with van der Waals surface area (Å²) in [6.07, 6.45) is 6.16. The van der Waals surface area contributed by atoms with E-state index in [2.05, 4.69) is 13.2 Å². The number of carbonyl (C=O) groups is 3. The second-order valence-electron chi connectivity index (χ2n) is 12.2. The zero-order valence-corrected chi connectivity index (χ0v) is 26.1. The van der Waals surface area contributed by atoms with Crippen LogP contribution in [0, 0.1) is 17.8 Å². The molecule has 3 saturated heterocycles. The Kier molecular flexibility index (Phi) is 9.35. The summed E-state index contributed by atoms with van der Waals surface area (Å²) >= 11 is 6.16. The molecule has 3 fully saturated rings. The molecule has 0 saturated carbocycles. The molecule has 3 heterocycles. The van der Waals surface area contributed by atoms with Crippen molar-refractivity contribution >= 4 is 35.1 Å². The third-order valence-corrected chi connectivity index (χ3v) is 9.95. The Morgan fingerprint density at radius 3 is 2.50 bits per heavy atom. The second kappa shape index (κ2) is 12.9. The van der Waals surface area contributed by atoms with Gasteiger partial charge >= 0.3 is 5.97 Å². The van der Waals surface area contributed by atoms with Crippen molar-refractivity contribution in [1.82, 2.24) is 4.90 Å². The maximum absolute atomic E-state index is 14.9. The lowest BCUT2D eigenvalue weighted by molar-refractivity contribution is -0.162. The van der Waals surface area contributed by atoms with Gasteiger partial charge in [-0.2, -0.15) is 0 Å². The molecule has 3 unspecified atom stereocenters. The maximum atomic E-state index is 14.9. The van der Waals surface area contributed by atoms with Gasteiger partial charge in [0.05, 0.1) is 30.8 Å². The van der Waals surface area contributed by atoms with Crippen molar-refractivity contribution in [1.29, 1.82) is 0 Å². The van der Waals surface area contributed by atoms with Crippen molar-refractivity contribution in [2.75, 3.05) is 24.7 Å². The number of rotatable bonds is 13. The van der Waals surface area contributed by atoms with Gasteiger partial charge in [0, 0.05) is 17.3 Å². The van der Waals surface area contributed by atoms with Crippen LogP contribution in [-0.4, -0.2) is 64.8 Å². The number of anilines is 1. The number of esters is 1. The summed E-state index contributed by atoms with van der Waals surface area (Å²) in [6, 6.07) is 14.0. The van der Waals surface area contributed by atoms with Crippen LogP contribution in [0.15, 0.2) is 79.9 Å². The molecule has 1 spiro atoms. The molecule has 2 amide bonds. The van der Waals surface area contributed by atoms with Crippen molar-refractivity contribution in [2.45, 2.75) is 62.8 Å². The summed E-state index contributed by atoms with van der Waals surface area (Å²) in [7, 11) is 0. The molecule has 0 aliphatic carbocycles. The van der Waals surface area contributed by atoms with E-state index in [-0.39, 0.29) is 25.0 Å². The molecule has 2 aromatic carbocycles. The number of benzene rings is 2. The molecule has 3 aliphatic rings. The molecule has 7 atom stereocenters. The minimum atomic E-state index is -1.30. The van der Waals surface area contributed by atoms with Crippen LogP contribution in [0.2, 0.25) is 5.02 Å². The van der Waals surface area contributed by atoms with Crippen LogP contribution in [-0.2, 0) is 23.9 Å². The van der Waals surface area contributed by atoms with Gasteiger partial charge in [-0.05, 0) is 68.4 Å². The lowest BCUT2D eigenvalue weighted by atomic mass is 9.62. The van der Waals surface area contributed by atoms with Crippen LogP contribution in [0.3, 0.4) is 0 Å². The molecule has 9 heteroatoms. The van der Waals surface area contributed by atoms with Gasteiger partial charge in [-0.3, -0.25) is 14.4 Å². The van der Waals surface area contributed by atoms with E-state index in [9.17, 15) is 19.5 Å². The van der Waals surface area contributed by atoms with Gasteiger partial charge in [-0.25, -0.2) is 0 Å². The van der Waals surface area contributed by atoms with Crippen molar-refractivity contribution in [3.8, 4) is 0 Å². The van der Waals surface area contributed by atoms with Crippen LogP contribution in [0.25, 0.3) is 0 Å². The zero-order valence-electron chi connectivity index (χ0n) is 25.4. The molecule has 0 radical (unpaired) electrons. The summed E-state index contributed by atoms with van der Waals surface area (Å²) in [5, 5.41) is 11.3. The summed E-state index contributed by atoms with van der Waals surface area (Å²) < 4.78 is 12.6. The quantitative estimate of drug-likeness (QED) is 0.180. The monoisotopic (exact) mass is 620 g/mol. The highest BCUT2D eigenvalue weighted by molar-refractivity contribution is 6.30. The number of carbonyl (C=O) groups excluding carboxylic acids is 3. The second-order valence-corrected chi connectivity index (χ2v) is 12.7. The normalized spacial score (nSPS) is 29.3. The van der Waals surface area contributed by atoms with E-state index in [1.54, 1.807) is 35.2 Å². The van der Waals surface area contributed by atoms with E-state index in [1.165, 1.54) is 4.90 Å². The Morgan fingerprint density at radius 1 is 1.16 bits per heavy atom. The smallest absolute Gasteiger partial charge is 0.312 e. The van der Waals surface area contributed by atoms with Crippen LogP contribution in [0.1, 0.15) is 51.1 Å². The van der Waals surface area contributed by atoms with Gasteiger partial charge < -0.3 is 24.4 Å². The average molecular weight is 621 g/mol. The Bertz CT molecular complexity index is 1400. The Balaban J connectivity index is 1.61. The summed E-state index contributed by atoms with van der Waals surface area (Å²) in [5.41, 5.74) is -1.06. The molecule has 3 aliphatic heterocycles. The average Bonchev–Trinajstić information content (AvgIpc) is 3.53. The highest BCUT2D eigenvalue weighted by Gasteiger charge is 2.81. The van der Waals surface area contributed by atoms with E-state index >= 15 is 0 Å². The SMILES string of the molecule is C=CCCCCOC(=O)[C@H]1[C@H]2C(=O)N([C@H](CO)c3ccccc3)C(C(=O)N(CC=C)c3ccc(Cl)cc3)C23CC(C)[C@]1(C)O3. The number of nitrogens with zero attached hydrogens (tertiary/aromatic N) is 2. The first-order valence-electron chi connectivity index (χ1n) is 15.3. The first kappa shape index (κ1) is 31.9. The number of allylic oxidation sites excluding steroid dienone is 1. The molecule has 44 heavy (non-hydrogen) atoms. The van der Waals surface area contributed by atoms with Gasteiger partial charge in [0.2, 0.25) is 5.91 Å². The van der Waals surface area contributed by atoms with Gasteiger partial charge in [-0.1, -0.05) is 61.0 Å². The summed E-state index contributed by atoms with van der Waals surface area (Å²) in [5.74, 6) is -3.28. The van der Waals surface area contributed by atoms with E-state index in [0.29, 0.717) is 29.1 Å². The number of halogens is 1. The van der Waals surface area contributed by atoms with E-state index in [1.807, 2.05) is 50.3 Å². The number of fused-ring (bicyclic) bond motifs is 1. The van der Waals surface area contributed by atoms with Crippen LogP contribution in [0.5, 0.6) is 0 Å². The molecule has 8 nitrogen and oxygen atoms in total. The Morgan fingerprint density at radius 2 is 1.86 bits per heavy atom. The predicted molar refractivity (Wildman–Crippen MR) is 169 cm³/mol. The van der Waals surface area contributed by atoms with Crippen LogP contribution >= 0.6 is 11.6 Å². The molecule has 2 bridgehead atoms. The van der Waals surface area contributed by atoms with Crippen LogP contribution < -0.4 is 4.90 Å². The van der Waals surface area contributed by atoms with E-state index < -0.39 is 53.6 Å². The molecule has 234 valence electrons. The topological polar surface area (TPSA) is 96.4 Å². The molecular formula is C35H41ClN2O6. The number of ether oxygens (including phenoxy) is 2. The number of hydrogen-bond acceptors (Lipinski definition) is 6. The fraction of sp³-hybridized carbons (Fsp3) is 0.457. The number of aliphatic hydroxyl groups is 1. The predicted octanol–water partition coefficient (Wildman–Crippen LogP) is 5.50. The first-order valence-corrected chi connectivity index (χ1v) is 15.7. The van der Waals surface area contributed by atoms with Crippen molar-refractivity contribution in [3.63, 3.8) is 0 Å². The number of hydrogen-bond donors (Lipinski definition) is 1. The fourth-order valence-corrected chi connectivity index (χ4v) is 7.68. The first-order chi connectivity index (χ1) is 21.1. The number of amides is 2. The van der Waals surface area contributed by atoms with Gasteiger partial charge in [0.15, 0.2) is 0 Å². The van der Waals surface area contributed by atoms with E-state index in [4.69, 9.17) is 21.1 Å². The number of unbranched alkanes of at least 4 members (excludes halogenated alkanes) is 2. The summed E-state index contributed by atoms with van der Waals surface area (Å²) in [6.45, 7) is 11.4. The van der Waals surface area contributed by atoms with Gasteiger partial charge in [-0.15, -0.1) is 13.2 Å². The molecular weight excluding hydrogens is 580 g/mol. The van der Waals surface area contributed by atoms with Crippen molar-refractivity contribution < 1.29 is 29.0 Å². The molecule has 1 N–H and O–H groups in total. The molecule has 2 aromatic rings. The Hall–Kier alpha value is -3.46. The minimum absolute atomic E-state index is 0.146. The maximum Gasteiger partial charge on any atom is 0.312 e.